The fourth-order valence-corrected chi connectivity index (χ4v) is 3.35. The summed E-state index contributed by atoms with van der Waals surface area (Å²) in [5.41, 5.74) is -0.146. The highest BCUT2D eigenvalue weighted by Crippen LogP contribution is 2.28. The van der Waals surface area contributed by atoms with Crippen LogP contribution in [0.1, 0.15) is 17.3 Å². The van der Waals surface area contributed by atoms with Crippen LogP contribution in [-0.2, 0) is 22.3 Å². The fourth-order valence-electron chi connectivity index (χ4n) is 3.08. The van der Waals surface area contributed by atoms with Gasteiger partial charge in [0.15, 0.2) is 5.69 Å². The summed E-state index contributed by atoms with van der Waals surface area (Å²) < 4.78 is 44.2. The molecule has 152 valence electrons. The number of benzene rings is 1. The summed E-state index contributed by atoms with van der Waals surface area (Å²) in [7, 11) is 0. The fraction of sp³-hybridized carbons (Fsp3) is 0.444. The second kappa shape index (κ2) is 8.93. The van der Waals surface area contributed by atoms with Gasteiger partial charge in [-0.25, -0.2) is 0 Å². The summed E-state index contributed by atoms with van der Waals surface area (Å²) in [6.07, 6.45) is -3.40. The molecule has 1 aromatic carbocycles. The number of nitrogens with zero attached hydrogens (tertiary/aromatic N) is 3. The Kier molecular flexibility index (Phi) is 6.58. The van der Waals surface area contributed by atoms with E-state index >= 15 is 0 Å². The monoisotopic (exact) mass is 416 g/mol. The molecule has 10 heteroatoms. The molecule has 0 aliphatic carbocycles. The van der Waals surface area contributed by atoms with Gasteiger partial charge in [0.25, 0.3) is 0 Å². The van der Waals surface area contributed by atoms with E-state index in [1.165, 1.54) is 0 Å². The number of carbonyl (C=O) groups excluding carboxylic acids is 1. The molecular formula is C18H20ClF3N4O2. The predicted molar refractivity (Wildman–Crippen MR) is 96.8 cm³/mol. The lowest BCUT2D eigenvalue weighted by Crippen LogP contribution is -2.44. The average Bonchev–Trinajstić information content (AvgIpc) is 3.13. The first kappa shape index (κ1) is 20.6. The number of alkyl halides is 3. The molecule has 0 spiro atoms. The summed E-state index contributed by atoms with van der Waals surface area (Å²) >= 11 is 6.34. The van der Waals surface area contributed by atoms with Crippen molar-refractivity contribution < 1.29 is 22.7 Å². The largest absolute Gasteiger partial charge is 0.435 e. The van der Waals surface area contributed by atoms with E-state index in [9.17, 15) is 18.0 Å². The van der Waals surface area contributed by atoms with Gasteiger partial charge < -0.3 is 10.1 Å². The predicted octanol–water partition coefficient (Wildman–Crippen LogP) is 2.75. The average molecular weight is 417 g/mol. The number of nitrogens with one attached hydrogen (secondary N) is 1. The van der Waals surface area contributed by atoms with Crippen molar-refractivity contribution in [1.29, 1.82) is 0 Å². The van der Waals surface area contributed by atoms with Crippen LogP contribution in [0, 0.1) is 0 Å². The Balaban J connectivity index is 1.65. The van der Waals surface area contributed by atoms with E-state index in [0.717, 1.165) is 22.5 Å². The van der Waals surface area contributed by atoms with E-state index in [0.29, 0.717) is 31.3 Å². The van der Waals surface area contributed by atoms with Crippen molar-refractivity contribution in [3.8, 4) is 0 Å². The SMILES string of the molecule is O=C(Cn1ccc(C(F)(F)F)n1)NC[C@H](c1ccccc1Cl)N1CCOCC1. The molecule has 1 fully saturated rings. The number of hydrogen-bond donors (Lipinski definition) is 1. The molecule has 0 radical (unpaired) electrons. The van der Waals surface area contributed by atoms with Crippen LogP contribution in [0.4, 0.5) is 13.2 Å². The highest BCUT2D eigenvalue weighted by Gasteiger charge is 2.33. The van der Waals surface area contributed by atoms with Crippen LogP contribution in [0.5, 0.6) is 0 Å². The Labute approximate surface area is 165 Å². The van der Waals surface area contributed by atoms with E-state index in [1.807, 2.05) is 18.2 Å². The van der Waals surface area contributed by atoms with Crippen LogP contribution in [-0.4, -0.2) is 53.4 Å². The Morgan fingerprint density at radius 3 is 2.61 bits per heavy atom. The van der Waals surface area contributed by atoms with Crippen molar-refractivity contribution in [3.05, 3.63) is 52.8 Å². The molecule has 1 aliphatic heterocycles. The van der Waals surface area contributed by atoms with Crippen LogP contribution >= 0.6 is 11.6 Å². The molecule has 2 aromatic rings. The van der Waals surface area contributed by atoms with Crippen molar-refractivity contribution in [2.75, 3.05) is 32.8 Å². The topological polar surface area (TPSA) is 59.4 Å². The Morgan fingerprint density at radius 1 is 1.25 bits per heavy atom. The van der Waals surface area contributed by atoms with Crippen molar-refractivity contribution in [2.24, 2.45) is 0 Å². The standard InChI is InChI=1S/C18H20ClF3N4O2/c19-14-4-2-1-3-13(14)15(25-7-9-28-10-8-25)11-23-17(27)12-26-6-5-16(24-26)18(20,21)22/h1-6,15H,7-12H2,(H,23,27)/t15-/m1/s1. The minimum atomic E-state index is -4.53. The lowest BCUT2D eigenvalue weighted by Gasteiger charge is -2.35. The molecule has 0 unspecified atom stereocenters. The molecule has 1 aromatic heterocycles. The number of morpholine rings is 1. The molecule has 1 atom stereocenters. The van der Waals surface area contributed by atoms with E-state index in [4.69, 9.17) is 16.3 Å². The third-order valence-corrected chi connectivity index (χ3v) is 4.82. The van der Waals surface area contributed by atoms with Crippen LogP contribution in [0.15, 0.2) is 36.5 Å². The third kappa shape index (κ3) is 5.24. The van der Waals surface area contributed by atoms with Crippen molar-refractivity contribution >= 4 is 17.5 Å². The van der Waals surface area contributed by atoms with Gasteiger partial charge in [-0.15, -0.1) is 0 Å². The summed E-state index contributed by atoms with van der Waals surface area (Å²) in [6, 6.07) is 8.07. The molecule has 2 heterocycles. The van der Waals surface area contributed by atoms with Crippen molar-refractivity contribution in [2.45, 2.75) is 18.8 Å². The second-order valence-electron chi connectivity index (χ2n) is 6.39. The summed E-state index contributed by atoms with van der Waals surface area (Å²) in [4.78, 5) is 14.4. The molecular weight excluding hydrogens is 397 g/mol. The summed E-state index contributed by atoms with van der Waals surface area (Å²) in [5, 5.41) is 6.77. The molecule has 3 rings (SSSR count). The maximum absolute atomic E-state index is 12.6. The van der Waals surface area contributed by atoms with Gasteiger partial charge in [-0.05, 0) is 17.7 Å². The van der Waals surface area contributed by atoms with Gasteiger partial charge >= 0.3 is 6.18 Å². The number of hydrogen-bond acceptors (Lipinski definition) is 4. The Hall–Kier alpha value is -2.10. The third-order valence-electron chi connectivity index (χ3n) is 4.48. The first-order chi connectivity index (χ1) is 13.3. The zero-order chi connectivity index (χ0) is 20.1. The Morgan fingerprint density at radius 2 is 1.96 bits per heavy atom. The van der Waals surface area contributed by atoms with Crippen LogP contribution < -0.4 is 5.32 Å². The molecule has 6 nitrogen and oxygen atoms in total. The number of ether oxygens (including phenoxy) is 1. The van der Waals surface area contributed by atoms with Gasteiger partial charge in [-0.2, -0.15) is 18.3 Å². The molecule has 1 saturated heterocycles. The number of rotatable bonds is 6. The van der Waals surface area contributed by atoms with Crippen molar-refractivity contribution in [1.82, 2.24) is 20.0 Å². The van der Waals surface area contributed by atoms with Crippen LogP contribution in [0.2, 0.25) is 5.02 Å². The van der Waals surface area contributed by atoms with E-state index in [1.54, 1.807) is 6.07 Å². The van der Waals surface area contributed by atoms with Gasteiger partial charge in [0.05, 0.1) is 19.3 Å². The minimum absolute atomic E-state index is 0.162. The molecule has 1 aliphatic rings. The second-order valence-corrected chi connectivity index (χ2v) is 6.79. The Bertz CT molecular complexity index is 806. The zero-order valence-corrected chi connectivity index (χ0v) is 15.7. The molecule has 28 heavy (non-hydrogen) atoms. The zero-order valence-electron chi connectivity index (χ0n) is 15.0. The smallest absolute Gasteiger partial charge is 0.379 e. The van der Waals surface area contributed by atoms with Gasteiger partial charge in [0, 0.05) is 30.9 Å². The minimum Gasteiger partial charge on any atom is -0.379 e. The molecule has 1 N–H and O–H groups in total. The number of aromatic nitrogens is 2. The van der Waals surface area contributed by atoms with Crippen LogP contribution in [0.25, 0.3) is 0 Å². The lowest BCUT2D eigenvalue weighted by atomic mass is 10.0. The number of carbonyl (C=O) groups is 1. The molecule has 0 bridgehead atoms. The van der Waals surface area contributed by atoms with E-state index in [-0.39, 0.29) is 19.1 Å². The van der Waals surface area contributed by atoms with Crippen LogP contribution in [0.3, 0.4) is 0 Å². The normalized spacial score (nSPS) is 16.7. The first-order valence-electron chi connectivity index (χ1n) is 8.78. The van der Waals surface area contributed by atoms with Crippen molar-refractivity contribution in [3.63, 3.8) is 0 Å². The highest BCUT2D eigenvalue weighted by molar-refractivity contribution is 6.31. The number of halogens is 4. The molecule has 0 saturated carbocycles. The van der Waals surface area contributed by atoms with E-state index < -0.39 is 17.8 Å². The maximum Gasteiger partial charge on any atom is 0.435 e. The maximum atomic E-state index is 12.6. The van der Waals surface area contributed by atoms with Gasteiger partial charge in [-0.1, -0.05) is 29.8 Å². The first-order valence-corrected chi connectivity index (χ1v) is 9.16. The van der Waals surface area contributed by atoms with E-state index in [2.05, 4.69) is 15.3 Å². The van der Waals surface area contributed by atoms with Gasteiger partial charge in [-0.3, -0.25) is 14.4 Å². The molecule has 1 amide bonds. The quantitative estimate of drug-likeness (QED) is 0.786. The van der Waals surface area contributed by atoms with Gasteiger partial charge in [0.1, 0.15) is 6.54 Å². The highest BCUT2D eigenvalue weighted by atomic mass is 35.5. The summed E-state index contributed by atoms with van der Waals surface area (Å²) in [6.45, 7) is 2.54. The van der Waals surface area contributed by atoms with Gasteiger partial charge in [0.2, 0.25) is 5.91 Å². The summed E-state index contributed by atoms with van der Waals surface area (Å²) in [5.74, 6) is -0.429. The lowest BCUT2D eigenvalue weighted by molar-refractivity contribution is -0.141. The number of amides is 1.